The summed E-state index contributed by atoms with van der Waals surface area (Å²) < 4.78 is 30.9. The minimum Gasteiger partial charge on any atom is -0.465 e. The van der Waals surface area contributed by atoms with Crippen LogP contribution in [0.4, 0.5) is 0 Å². The SMILES string of the molecule is COC(=O)c1ccn(S(=O)(=O)c2ccc3[nH]cc(C)c3c2)c1. The van der Waals surface area contributed by atoms with Crippen LogP contribution in [0.3, 0.4) is 0 Å². The van der Waals surface area contributed by atoms with E-state index >= 15 is 0 Å². The van der Waals surface area contributed by atoms with Crippen molar-refractivity contribution in [3.63, 3.8) is 0 Å². The molecule has 0 aliphatic heterocycles. The molecule has 6 nitrogen and oxygen atoms in total. The summed E-state index contributed by atoms with van der Waals surface area (Å²) in [5.74, 6) is -0.578. The maximum atomic E-state index is 12.6. The van der Waals surface area contributed by atoms with Crippen molar-refractivity contribution in [2.45, 2.75) is 11.8 Å². The van der Waals surface area contributed by atoms with Crippen LogP contribution in [0.15, 0.2) is 47.8 Å². The third kappa shape index (κ3) is 2.19. The smallest absolute Gasteiger partial charge is 0.339 e. The number of aryl methyl sites for hydroxylation is 1. The van der Waals surface area contributed by atoms with Gasteiger partial charge in [-0.25, -0.2) is 17.2 Å². The maximum Gasteiger partial charge on any atom is 0.339 e. The van der Waals surface area contributed by atoms with Crippen LogP contribution in [0.25, 0.3) is 10.9 Å². The molecule has 0 aliphatic carbocycles. The Morgan fingerprint density at radius 1 is 1.27 bits per heavy atom. The first-order valence-electron chi connectivity index (χ1n) is 6.53. The lowest BCUT2D eigenvalue weighted by atomic mass is 10.2. The lowest BCUT2D eigenvalue weighted by molar-refractivity contribution is 0.0601. The zero-order chi connectivity index (χ0) is 15.9. The third-order valence-corrected chi connectivity index (χ3v) is 5.16. The Morgan fingerprint density at radius 3 is 2.77 bits per heavy atom. The fraction of sp³-hybridized carbons (Fsp3) is 0.133. The van der Waals surface area contributed by atoms with E-state index in [0.717, 1.165) is 20.4 Å². The first-order valence-corrected chi connectivity index (χ1v) is 7.97. The molecule has 0 saturated heterocycles. The Balaban J connectivity index is 2.09. The van der Waals surface area contributed by atoms with E-state index in [-0.39, 0.29) is 10.5 Å². The molecule has 22 heavy (non-hydrogen) atoms. The zero-order valence-electron chi connectivity index (χ0n) is 12.0. The molecule has 0 bridgehead atoms. The van der Waals surface area contributed by atoms with Gasteiger partial charge in [0.05, 0.1) is 17.6 Å². The normalized spacial score (nSPS) is 11.7. The van der Waals surface area contributed by atoms with Gasteiger partial charge in [-0.2, -0.15) is 0 Å². The molecule has 0 fully saturated rings. The first-order chi connectivity index (χ1) is 10.4. The Bertz CT molecular complexity index is 967. The van der Waals surface area contributed by atoms with Gasteiger partial charge in [-0.1, -0.05) is 0 Å². The van der Waals surface area contributed by atoms with Crippen molar-refractivity contribution < 1.29 is 17.9 Å². The number of aromatic amines is 1. The molecule has 2 heterocycles. The standard InChI is InChI=1S/C15H14N2O4S/c1-10-8-16-14-4-3-12(7-13(10)14)22(19,20)17-6-5-11(9-17)15(18)21-2/h3-9,16H,1-2H3. The monoisotopic (exact) mass is 318 g/mol. The van der Waals surface area contributed by atoms with Crippen molar-refractivity contribution in [2.24, 2.45) is 0 Å². The average Bonchev–Trinajstić information content (AvgIpc) is 3.14. The van der Waals surface area contributed by atoms with E-state index in [4.69, 9.17) is 0 Å². The average molecular weight is 318 g/mol. The summed E-state index contributed by atoms with van der Waals surface area (Å²) in [6.07, 6.45) is 4.40. The number of carbonyl (C=O) groups excluding carboxylic acids is 1. The molecule has 0 atom stereocenters. The van der Waals surface area contributed by atoms with Crippen LogP contribution in [-0.2, 0) is 14.8 Å². The molecular formula is C15H14N2O4S. The highest BCUT2D eigenvalue weighted by molar-refractivity contribution is 7.90. The molecule has 2 aromatic heterocycles. The summed E-state index contributed by atoms with van der Waals surface area (Å²) in [7, 11) is -2.50. The van der Waals surface area contributed by atoms with Crippen molar-refractivity contribution in [1.82, 2.24) is 8.96 Å². The van der Waals surface area contributed by atoms with Crippen molar-refractivity contribution in [2.75, 3.05) is 7.11 Å². The van der Waals surface area contributed by atoms with Crippen molar-refractivity contribution in [1.29, 1.82) is 0 Å². The largest absolute Gasteiger partial charge is 0.465 e. The number of ether oxygens (including phenoxy) is 1. The van der Waals surface area contributed by atoms with Gasteiger partial charge in [0, 0.05) is 29.5 Å². The Kier molecular flexibility index (Phi) is 3.29. The number of benzene rings is 1. The van der Waals surface area contributed by atoms with E-state index in [1.807, 2.05) is 13.1 Å². The predicted molar refractivity (Wildman–Crippen MR) is 81.4 cm³/mol. The van der Waals surface area contributed by atoms with Gasteiger partial charge in [0.1, 0.15) is 0 Å². The van der Waals surface area contributed by atoms with Gasteiger partial charge in [0.15, 0.2) is 0 Å². The Hall–Kier alpha value is -2.54. The first kappa shape index (κ1) is 14.4. The summed E-state index contributed by atoms with van der Waals surface area (Å²) in [6.45, 7) is 1.90. The van der Waals surface area contributed by atoms with Crippen LogP contribution in [0.2, 0.25) is 0 Å². The molecule has 3 aromatic rings. The molecule has 0 radical (unpaired) electrons. The molecule has 1 aromatic carbocycles. The minimum atomic E-state index is -3.75. The van der Waals surface area contributed by atoms with Crippen LogP contribution in [0.5, 0.6) is 0 Å². The highest BCUT2D eigenvalue weighted by atomic mass is 32.2. The Morgan fingerprint density at radius 2 is 2.05 bits per heavy atom. The second kappa shape index (κ2) is 5.03. The minimum absolute atomic E-state index is 0.162. The number of nitrogens with zero attached hydrogens (tertiary/aromatic N) is 1. The highest BCUT2D eigenvalue weighted by Crippen LogP contribution is 2.23. The van der Waals surface area contributed by atoms with Gasteiger partial charge >= 0.3 is 5.97 Å². The molecule has 114 valence electrons. The molecule has 3 rings (SSSR count). The number of nitrogens with one attached hydrogen (secondary N) is 1. The van der Waals surface area contributed by atoms with E-state index in [2.05, 4.69) is 9.72 Å². The van der Waals surface area contributed by atoms with Crippen molar-refractivity contribution in [3.8, 4) is 0 Å². The quantitative estimate of drug-likeness (QED) is 0.751. The number of methoxy groups -OCH3 is 1. The summed E-state index contributed by atoms with van der Waals surface area (Å²) >= 11 is 0. The van der Waals surface area contributed by atoms with Gasteiger partial charge in [-0.15, -0.1) is 0 Å². The van der Waals surface area contributed by atoms with Crippen LogP contribution in [0.1, 0.15) is 15.9 Å². The Labute approximate surface area is 127 Å². The zero-order valence-corrected chi connectivity index (χ0v) is 12.8. The molecule has 0 amide bonds. The number of aromatic nitrogens is 2. The number of esters is 1. The van der Waals surface area contributed by atoms with Crippen LogP contribution < -0.4 is 0 Å². The van der Waals surface area contributed by atoms with E-state index in [1.165, 1.54) is 31.6 Å². The van der Waals surface area contributed by atoms with Crippen LogP contribution in [-0.4, -0.2) is 30.5 Å². The molecule has 1 N–H and O–H groups in total. The lowest BCUT2D eigenvalue weighted by Gasteiger charge is -2.06. The summed E-state index contributed by atoms with van der Waals surface area (Å²) in [4.78, 5) is 14.7. The summed E-state index contributed by atoms with van der Waals surface area (Å²) in [5.41, 5.74) is 2.03. The molecule has 0 saturated carbocycles. The fourth-order valence-electron chi connectivity index (χ4n) is 2.29. The lowest BCUT2D eigenvalue weighted by Crippen LogP contribution is -2.11. The van der Waals surface area contributed by atoms with Crippen LogP contribution >= 0.6 is 0 Å². The van der Waals surface area contributed by atoms with Gasteiger partial charge < -0.3 is 9.72 Å². The molecule has 0 spiro atoms. The number of fused-ring (bicyclic) bond motifs is 1. The van der Waals surface area contributed by atoms with E-state index in [9.17, 15) is 13.2 Å². The van der Waals surface area contributed by atoms with Gasteiger partial charge in [0.25, 0.3) is 10.0 Å². The molecular weight excluding hydrogens is 304 g/mol. The van der Waals surface area contributed by atoms with Crippen molar-refractivity contribution >= 4 is 26.9 Å². The maximum absolute atomic E-state index is 12.6. The predicted octanol–water partition coefficient (Wildman–Crippen LogP) is 2.30. The van der Waals surface area contributed by atoms with Crippen LogP contribution in [0, 0.1) is 6.92 Å². The summed E-state index contributed by atoms with van der Waals surface area (Å²) in [5, 5.41) is 0.849. The van der Waals surface area contributed by atoms with E-state index in [1.54, 1.807) is 12.1 Å². The van der Waals surface area contributed by atoms with Gasteiger partial charge in [0.2, 0.25) is 0 Å². The number of H-pyrrole nitrogens is 1. The fourth-order valence-corrected chi connectivity index (χ4v) is 3.51. The third-order valence-electron chi connectivity index (χ3n) is 3.52. The summed E-state index contributed by atoms with van der Waals surface area (Å²) in [6, 6.07) is 6.28. The number of carbonyl (C=O) groups is 1. The second-order valence-electron chi connectivity index (χ2n) is 4.91. The number of rotatable bonds is 3. The molecule has 7 heteroatoms. The van der Waals surface area contributed by atoms with Gasteiger partial charge in [-0.3, -0.25) is 0 Å². The number of hydrogen-bond acceptors (Lipinski definition) is 4. The topological polar surface area (TPSA) is 81.2 Å². The number of hydrogen-bond donors (Lipinski definition) is 1. The molecule has 0 aliphatic rings. The second-order valence-corrected chi connectivity index (χ2v) is 6.75. The van der Waals surface area contributed by atoms with Crippen molar-refractivity contribution in [3.05, 3.63) is 54.0 Å². The van der Waals surface area contributed by atoms with Gasteiger partial charge in [-0.05, 0) is 36.8 Å². The highest BCUT2D eigenvalue weighted by Gasteiger charge is 2.19. The van der Waals surface area contributed by atoms with E-state index < -0.39 is 16.0 Å². The molecule has 0 unspecified atom stereocenters. The van der Waals surface area contributed by atoms with E-state index in [0.29, 0.717) is 0 Å².